The van der Waals surface area contributed by atoms with Gasteiger partial charge in [0.2, 0.25) is 0 Å². The normalized spacial score (nSPS) is 18.4. The van der Waals surface area contributed by atoms with Crippen molar-refractivity contribution >= 4 is 40.4 Å². The summed E-state index contributed by atoms with van der Waals surface area (Å²) in [5, 5.41) is 2.65. The van der Waals surface area contributed by atoms with Gasteiger partial charge in [-0.3, -0.25) is 9.36 Å². The molecule has 1 saturated heterocycles. The molecule has 0 spiro atoms. The predicted molar refractivity (Wildman–Crippen MR) is 155 cm³/mol. The number of carbonyl (C=O) groups excluding carboxylic acids is 2. The van der Waals surface area contributed by atoms with Crippen LogP contribution in [0.2, 0.25) is 5.02 Å². The van der Waals surface area contributed by atoms with Crippen LogP contribution >= 0.6 is 11.6 Å². The van der Waals surface area contributed by atoms with Crippen LogP contribution in [-0.2, 0) is 9.47 Å². The molecule has 1 aromatic heterocycles. The first kappa shape index (κ1) is 30.7. The summed E-state index contributed by atoms with van der Waals surface area (Å²) < 4.78 is 28.1. The minimum atomic E-state index is -0.986. The van der Waals surface area contributed by atoms with E-state index >= 15 is 4.39 Å². The van der Waals surface area contributed by atoms with Crippen LogP contribution in [0.4, 0.5) is 19.7 Å². The maximum atomic E-state index is 15.7. The van der Waals surface area contributed by atoms with Gasteiger partial charge in [-0.15, -0.1) is 0 Å². The summed E-state index contributed by atoms with van der Waals surface area (Å²) in [6.07, 6.45) is 0.613. The van der Waals surface area contributed by atoms with Crippen molar-refractivity contribution in [3.05, 3.63) is 37.7 Å². The fourth-order valence-electron chi connectivity index (χ4n) is 5.04. The lowest BCUT2D eigenvalue weighted by Crippen LogP contribution is -2.48. The van der Waals surface area contributed by atoms with Crippen LogP contribution in [0.5, 0.6) is 0 Å². The van der Waals surface area contributed by atoms with Crippen molar-refractivity contribution in [3.63, 3.8) is 0 Å². The van der Waals surface area contributed by atoms with Gasteiger partial charge in [-0.05, 0) is 78.7 Å². The van der Waals surface area contributed by atoms with Gasteiger partial charge in [-0.2, -0.15) is 4.68 Å². The molecule has 2 heterocycles. The van der Waals surface area contributed by atoms with Crippen LogP contribution in [-0.4, -0.2) is 52.3 Å². The molecule has 1 unspecified atom stereocenters. The maximum absolute atomic E-state index is 15.7. The van der Waals surface area contributed by atoms with E-state index < -0.39 is 40.5 Å². The number of rotatable bonds is 6. The molecule has 0 radical (unpaired) electrons. The van der Waals surface area contributed by atoms with Gasteiger partial charge in [0.15, 0.2) is 0 Å². The molecule has 2 aromatic rings. The molecule has 41 heavy (non-hydrogen) atoms. The number of fused-ring (bicyclic) bond motifs is 1. The van der Waals surface area contributed by atoms with Gasteiger partial charge < -0.3 is 19.7 Å². The highest BCUT2D eigenvalue weighted by atomic mass is 35.5. The van der Waals surface area contributed by atoms with E-state index in [1.807, 2.05) is 11.8 Å². The minimum Gasteiger partial charge on any atom is -0.444 e. The Labute approximate surface area is 242 Å². The average Bonchev–Trinajstić information content (AvgIpc) is 3.55. The first-order chi connectivity index (χ1) is 19.0. The molecule has 2 aliphatic rings. The van der Waals surface area contributed by atoms with Crippen molar-refractivity contribution in [3.8, 4) is 0 Å². The lowest BCUT2D eigenvalue weighted by Gasteiger charge is -2.25. The Balaban J connectivity index is 1.63. The number of benzene rings is 1. The molecular formula is C28H39ClFN5O6. The third-order valence-corrected chi connectivity index (χ3v) is 7.42. The summed E-state index contributed by atoms with van der Waals surface area (Å²) >= 11 is 6.81. The number of aromatic nitrogens is 2. The van der Waals surface area contributed by atoms with Crippen molar-refractivity contribution in [2.24, 2.45) is 11.8 Å². The lowest BCUT2D eigenvalue weighted by atomic mass is 9.93. The molecule has 1 aromatic carbocycles. The van der Waals surface area contributed by atoms with E-state index in [-0.39, 0.29) is 39.5 Å². The van der Waals surface area contributed by atoms with E-state index in [0.717, 1.165) is 12.5 Å². The van der Waals surface area contributed by atoms with Gasteiger partial charge in [-0.25, -0.2) is 24.2 Å². The Bertz CT molecular complexity index is 1470. The molecule has 0 bridgehead atoms. The van der Waals surface area contributed by atoms with Crippen molar-refractivity contribution in [2.75, 3.05) is 30.0 Å². The molecule has 1 saturated carbocycles. The largest absolute Gasteiger partial charge is 0.444 e. The second-order valence-corrected chi connectivity index (χ2v) is 13.3. The highest BCUT2D eigenvalue weighted by Gasteiger charge is 2.35. The van der Waals surface area contributed by atoms with E-state index in [9.17, 15) is 19.2 Å². The average molecular weight is 596 g/mol. The number of halogens is 2. The monoisotopic (exact) mass is 595 g/mol. The topological polar surface area (TPSA) is 124 Å². The van der Waals surface area contributed by atoms with Crippen molar-refractivity contribution in [1.82, 2.24) is 14.6 Å². The van der Waals surface area contributed by atoms with Gasteiger partial charge in [-0.1, -0.05) is 18.5 Å². The molecule has 13 heteroatoms. The number of alkyl carbamates (subject to hydrolysis) is 1. The number of nitrogens with zero attached hydrogens (tertiary/aromatic N) is 3. The van der Waals surface area contributed by atoms with Crippen molar-refractivity contribution in [2.45, 2.75) is 85.0 Å². The molecule has 11 nitrogen and oxygen atoms in total. The zero-order chi connectivity index (χ0) is 30.4. The van der Waals surface area contributed by atoms with E-state index in [4.69, 9.17) is 21.1 Å². The van der Waals surface area contributed by atoms with E-state index in [0.29, 0.717) is 37.2 Å². The molecule has 2 amide bonds. The second kappa shape index (κ2) is 11.2. The number of ether oxygens (including phenoxy) is 2. The SMILES string of the molecule is CC(CNC(=O)OC(C)(C)C)[C@H]1CCN(c2c(F)cc3c(=O)n(NC(=O)OC(C)(C)C)c(=O)n(C4CC4)c3c2Cl)C1. The lowest BCUT2D eigenvalue weighted by molar-refractivity contribution is 0.0514. The minimum absolute atomic E-state index is 0.0225. The van der Waals surface area contributed by atoms with Crippen molar-refractivity contribution in [1.29, 1.82) is 0 Å². The zero-order valence-corrected chi connectivity index (χ0v) is 25.4. The Morgan fingerprint density at radius 2 is 1.68 bits per heavy atom. The number of anilines is 1. The molecule has 4 rings (SSSR count). The molecule has 2 fully saturated rings. The van der Waals surface area contributed by atoms with E-state index in [1.54, 1.807) is 41.5 Å². The van der Waals surface area contributed by atoms with Crippen molar-refractivity contribution < 1.29 is 23.5 Å². The quantitative estimate of drug-likeness (QED) is 0.493. The summed E-state index contributed by atoms with van der Waals surface area (Å²) in [7, 11) is 0. The van der Waals surface area contributed by atoms with Crippen LogP contribution in [0.15, 0.2) is 15.7 Å². The Hall–Kier alpha value is -3.28. The first-order valence-corrected chi connectivity index (χ1v) is 14.3. The third-order valence-electron chi connectivity index (χ3n) is 7.07. The highest BCUT2D eigenvalue weighted by Crippen LogP contribution is 2.42. The number of nitrogens with one attached hydrogen (secondary N) is 2. The summed E-state index contributed by atoms with van der Waals surface area (Å²) in [5.41, 5.74) is -0.668. The third kappa shape index (κ3) is 6.97. The van der Waals surface area contributed by atoms with Gasteiger partial charge in [0.1, 0.15) is 17.0 Å². The zero-order valence-electron chi connectivity index (χ0n) is 24.6. The molecule has 226 valence electrons. The summed E-state index contributed by atoms with van der Waals surface area (Å²) in [6, 6.07) is 0.837. The summed E-state index contributed by atoms with van der Waals surface area (Å²) in [5.74, 6) is -0.497. The van der Waals surface area contributed by atoms with E-state index in [1.165, 1.54) is 4.57 Å². The molecular weight excluding hydrogens is 557 g/mol. The molecule has 1 aliphatic heterocycles. The predicted octanol–water partition coefficient (Wildman–Crippen LogP) is 4.76. The van der Waals surface area contributed by atoms with Crippen LogP contribution in [0.3, 0.4) is 0 Å². The molecule has 2 atom stereocenters. The van der Waals surface area contributed by atoms with Gasteiger partial charge >= 0.3 is 17.9 Å². The molecule has 2 N–H and O–H groups in total. The van der Waals surface area contributed by atoms with Crippen LogP contribution in [0, 0.1) is 17.7 Å². The maximum Gasteiger partial charge on any atom is 0.427 e. The van der Waals surface area contributed by atoms with E-state index in [2.05, 4.69) is 10.7 Å². The van der Waals surface area contributed by atoms with Crippen LogP contribution in [0.1, 0.15) is 73.8 Å². The fraction of sp³-hybridized carbons (Fsp3) is 0.643. The second-order valence-electron chi connectivity index (χ2n) is 12.9. The van der Waals surface area contributed by atoms with Gasteiger partial charge in [0.05, 0.1) is 21.6 Å². The fourth-order valence-corrected chi connectivity index (χ4v) is 5.44. The number of hydrogen-bond acceptors (Lipinski definition) is 7. The smallest absolute Gasteiger partial charge is 0.427 e. The van der Waals surface area contributed by atoms with Gasteiger partial charge in [0.25, 0.3) is 5.56 Å². The Morgan fingerprint density at radius 3 is 2.27 bits per heavy atom. The highest BCUT2D eigenvalue weighted by molar-refractivity contribution is 6.38. The number of carbonyl (C=O) groups is 2. The van der Waals surface area contributed by atoms with Gasteiger partial charge in [0, 0.05) is 25.7 Å². The summed E-state index contributed by atoms with van der Waals surface area (Å²) in [6.45, 7) is 13.7. The standard InChI is InChI=1S/C28H39ClFN5O6/c1-15(13-31-24(37)40-27(2,3)4)16-10-11-33(14-16)22-19(30)12-18-21(20(22)29)34(17-8-9-17)26(39)35(23(18)36)32-25(38)41-28(5,6)7/h12,15-17H,8-11,13-14H2,1-7H3,(H,31,37)(H,32,38)/t15?,16-/m0/s1. The molecule has 1 aliphatic carbocycles. The Morgan fingerprint density at radius 1 is 1.07 bits per heavy atom. The number of hydrogen-bond donors (Lipinski definition) is 2. The summed E-state index contributed by atoms with van der Waals surface area (Å²) in [4.78, 5) is 53.1. The van der Waals surface area contributed by atoms with Crippen LogP contribution < -0.4 is 26.9 Å². The number of amides is 2. The van der Waals surface area contributed by atoms with Crippen LogP contribution in [0.25, 0.3) is 10.9 Å². The first-order valence-electron chi connectivity index (χ1n) is 13.9. The Kier molecular flexibility index (Phi) is 8.37.